The Morgan fingerprint density at radius 1 is 1.57 bits per heavy atom. The Morgan fingerprint density at radius 2 is 2.24 bits per heavy atom. The zero-order valence-corrected chi connectivity index (χ0v) is 12.4. The highest BCUT2D eigenvalue weighted by molar-refractivity contribution is 5.67. The molecule has 114 valence electrons. The SMILES string of the molecule is C=CC(OCc1ccccc1)[C@@H]1COC(C)(C)N1C(=O)O. The third-order valence-electron chi connectivity index (χ3n) is 3.62. The first-order valence-electron chi connectivity index (χ1n) is 6.90. The van der Waals surface area contributed by atoms with Crippen molar-refractivity contribution in [2.75, 3.05) is 6.61 Å². The van der Waals surface area contributed by atoms with Crippen molar-refractivity contribution in [2.45, 2.75) is 38.3 Å². The topological polar surface area (TPSA) is 59.0 Å². The Labute approximate surface area is 124 Å². The molecular formula is C16H21NO4. The van der Waals surface area contributed by atoms with E-state index in [1.54, 1.807) is 19.9 Å². The molecule has 0 bridgehead atoms. The van der Waals surface area contributed by atoms with Crippen LogP contribution in [-0.2, 0) is 16.1 Å². The largest absolute Gasteiger partial charge is 0.465 e. The number of carboxylic acid groups (broad SMARTS) is 1. The van der Waals surface area contributed by atoms with Crippen molar-refractivity contribution >= 4 is 6.09 Å². The maximum atomic E-state index is 11.5. The van der Waals surface area contributed by atoms with Gasteiger partial charge in [0, 0.05) is 0 Å². The average Bonchev–Trinajstić information content (AvgIpc) is 2.76. The number of carbonyl (C=O) groups is 1. The Bertz CT molecular complexity index is 500. The summed E-state index contributed by atoms with van der Waals surface area (Å²) in [5.41, 5.74) is 0.179. The molecule has 0 spiro atoms. The maximum Gasteiger partial charge on any atom is 0.410 e. The number of hydrogen-bond acceptors (Lipinski definition) is 3. The second kappa shape index (κ2) is 6.28. The van der Waals surface area contributed by atoms with Gasteiger partial charge in [-0.1, -0.05) is 36.4 Å². The molecule has 1 N–H and O–H groups in total. The third-order valence-corrected chi connectivity index (χ3v) is 3.62. The molecule has 1 fully saturated rings. The first-order chi connectivity index (χ1) is 9.95. The highest BCUT2D eigenvalue weighted by Crippen LogP contribution is 2.30. The van der Waals surface area contributed by atoms with Crippen LogP contribution in [0.5, 0.6) is 0 Å². The highest BCUT2D eigenvalue weighted by atomic mass is 16.5. The fraction of sp³-hybridized carbons (Fsp3) is 0.438. The Hall–Kier alpha value is -1.85. The van der Waals surface area contributed by atoms with Crippen LogP contribution in [0.1, 0.15) is 19.4 Å². The molecular weight excluding hydrogens is 270 g/mol. The van der Waals surface area contributed by atoms with Crippen LogP contribution >= 0.6 is 0 Å². The smallest absolute Gasteiger partial charge is 0.410 e. The van der Waals surface area contributed by atoms with Gasteiger partial charge in [-0.2, -0.15) is 0 Å². The summed E-state index contributed by atoms with van der Waals surface area (Å²) in [6.45, 7) is 7.93. The summed E-state index contributed by atoms with van der Waals surface area (Å²) >= 11 is 0. The standard InChI is InChI=1S/C16H21NO4/c1-4-14(20-10-12-8-6-5-7-9-12)13-11-21-16(2,3)17(13)15(18)19/h4-9,13-14H,1,10-11H2,2-3H3,(H,18,19)/t13-,14?/m0/s1. The summed E-state index contributed by atoms with van der Waals surface area (Å²) < 4.78 is 11.4. The van der Waals surface area contributed by atoms with Crippen molar-refractivity contribution in [3.63, 3.8) is 0 Å². The molecule has 1 aliphatic heterocycles. The van der Waals surface area contributed by atoms with E-state index in [9.17, 15) is 9.90 Å². The summed E-state index contributed by atoms with van der Waals surface area (Å²) in [5.74, 6) is 0. The van der Waals surface area contributed by atoms with Gasteiger partial charge in [-0.3, -0.25) is 4.90 Å². The number of rotatable bonds is 5. The molecule has 1 saturated heterocycles. The first-order valence-corrected chi connectivity index (χ1v) is 6.90. The summed E-state index contributed by atoms with van der Waals surface area (Å²) in [6, 6.07) is 9.35. The summed E-state index contributed by atoms with van der Waals surface area (Å²) in [6.07, 6.45) is 0.203. The third kappa shape index (κ3) is 3.43. The molecule has 21 heavy (non-hydrogen) atoms. The van der Waals surface area contributed by atoms with Gasteiger partial charge in [-0.25, -0.2) is 4.79 Å². The minimum absolute atomic E-state index is 0.296. The van der Waals surface area contributed by atoms with Crippen LogP contribution in [0.3, 0.4) is 0 Å². The lowest BCUT2D eigenvalue weighted by atomic mass is 10.1. The predicted molar refractivity (Wildman–Crippen MR) is 78.9 cm³/mol. The van der Waals surface area contributed by atoms with Gasteiger partial charge in [-0.05, 0) is 19.4 Å². The minimum atomic E-state index is -1.02. The quantitative estimate of drug-likeness (QED) is 0.847. The van der Waals surface area contributed by atoms with Gasteiger partial charge in [0.1, 0.15) is 5.72 Å². The van der Waals surface area contributed by atoms with Crippen molar-refractivity contribution in [3.05, 3.63) is 48.6 Å². The van der Waals surface area contributed by atoms with Crippen LogP contribution in [0.4, 0.5) is 4.79 Å². The zero-order valence-electron chi connectivity index (χ0n) is 12.4. The van der Waals surface area contributed by atoms with Gasteiger partial charge < -0.3 is 14.6 Å². The van der Waals surface area contributed by atoms with Crippen LogP contribution in [-0.4, -0.2) is 40.6 Å². The van der Waals surface area contributed by atoms with Gasteiger partial charge >= 0.3 is 6.09 Å². The monoisotopic (exact) mass is 291 g/mol. The van der Waals surface area contributed by atoms with Crippen LogP contribution in [0.2, 0.25) is 0 Å². The molecule has 1 heterocycles. The van der Waals surface area contributed by atoms with E-state index in [1.165, 1.54) is 4.90 Å². The van der Waals surface area contributed by atoms with Crippen LogP contribution in [0, 0.1) is 0 Å². The molecule has 1 amide bonds. The van der Waals surface area contributed by atoms with E-state index >= 15 is 0 Å². The number of nitrogens with zero attached hydrogens (tertiary/aromatic N) is 1. The number of ether oxygens (including phenoxy) is 2. The molecule has 5 nitrogen and oxygen atoms in total. The molecule has 2 rings (SSSR count). The predicted octanol–water partition coefficient (Wildman–Crippen LogP) is 2.87. The zero-order chi connectivity index (χ0) is 15.5. The van der Waals surface area contributed by atoms with Crippen molar-refractivity contribution in [3.8, 4) is 0 Å². The number of hydrogen-bond donors (Lipinski definition) is 1. The summed E-state index contributed by atoms with van der Waals surface area (Å²) in [4.78, 5) is 12.8. The van der Waals surface area contributed by atoms with Crippen LogP contribution < -0.4 is 0 Å². The second-order valence-electron chi connectivity index (χ2n) is 5.47. The highest BCUT2D eigenvalue weighted by Gasteiger charge is 2.46. The Kier molecular flexibility index (Phi) is 4.65. The van der Waals surface area contributed by atoms with Gasteiger partial charge in [0.2, 0.25) is 0 Å². The van der Waals surface area contributed by atoms with E-state index < -0.39 is 24.0 Å². The van der Waals surface area contributed by atoms with E-state index in [0.29, 0.717) is 13.2 Å². The Morgan fingerprint density at radius 3 is 2.81 bits per heavy atom. The molecule has 1 aliphatic rings. The van der Waals surface area contributed by atoms with Crippen LogP contribution in [0.15, 0.2) is 43.0 Å². The fourth-order valence-corrected chi connectivity index (χ4v) is 2.55. The van der Waals surface area contributed by atoms with Crippen molar-refractivity contribution < 1.29 is 19.4 Å². The van der Waals surface area contributed by atoms with E-state index in [-0.39, 0.29) is 0 Å². The van der Waals surface area contributed by atoms with E-state index in [4.69, 9.17) is 9.47 Å². The molecule has 1 aromatic carbocycles. The molecule has 5 heteroatoms. The molecule has 1 aromatic rings. The van der Waals surface area contributed by atoms with E-state index in [1.807, 2.05) is 30.3 Å². The molecule has 1 unspecified atom stereocenters. The summed E-state index contributed by atoms with van der Waals surface area (Å²) in [5, 5.41) is 9.41. The van der Waals surface area contributed by atoms with Crippen molar-refractivity contribution in [1.82, 2.24) is 4.90 Å². The first kappa shape index (κ1) is 15.5. The van der Waals surface area contributed by atoms with E-state index in [0.717, 1.165) is 5.56 Å². The number of benzene rings is 1. The van der Waals surface area contributed by atoms with Gasteiger partial charge in [0.15, 0.2) is 0 Å². The normalized spacial score (nSPS) is 22.0. The molecule has 0 saturated carbocycles. The van der Waals surface area contributed by atoms with Crippen molar-refractivity contribution in [2.24, 2.45) is 0 Å². The molecule has 0 aromatic heterocycles. The lowest BCUT2D eigenvalue weighted by Gasteiger charge is -2.33. The summed E-state index contributed by atoms with van der Waals surface area (Å²) in [7, 11) is 0. The lowest BCUT2D eigenvalue weighted by molar-refractivity contribution is -0.0489. The average molecular weight is 291 g/mol. The van der Waals surface area contributed by atoms with Crippen molar-refractivity contribution in [1.29, 1.82) is 0 Å². The molecule has 0 radical (unpaired) electrons. The van der Waals surface area contributed by atoms with E-state index in [2.05, 4.69) is 6.58 Å². The van der Waals surface area contributed by atoms with Gasteiger partial charge in [0.25, 0.3) is 0 Å². The van der Waals surface area contributed by atoms with Gasteiger partial charge in [-0.15, -0.1) is 6.58 Å². The number of amides is 1. The fourth-order valence-electron chi connectivity index (χ4n) is 2.55. The molecule has 2 atom stereocenters. The van der Waals surface area contributed by atoms with Crippen LogP contribution in [0.25, 0.3) is 0 Å². The van der Waals surface area contributed by atoms with Gasteiger partial charge in [0.05, 0.1) is 25.4 Å². The minimum Gasteiger partial charge on any atom is -0.465 e. The maximum absolute atomic E-state index is 11.5. The molecule has 0 aliphatic carbocycles. The Balaban J connectivity index is 2.07. The lowest BCUT2D eigenvalue weighted by Crippen LogP contribution is -2.51. The second-order valence-corrected chi connectivity index (χ2v) is 5.47.